The predicted octanol–water partition coefficient (Wildman–Crippen LogP) is 1.58. The SMILES string of the molecule is CC1(C(=O)O)CCN(C(=O)NCCc2ccns2)CC1. The molecular weight excluding hydrogens is 278 g/mol. The van der Waals surface area contributed by atoms with E-state index in [1.807, 2.05) is 6.07 Å². The fraction of sp³-hybridized carbons (Fsp3) is 0.615. The van der Waals surface area contributed by atoms with Crippen molar-refractivity contribution in [2.45, 2.75) is 26.2 Å². The minimum Gasteiger partial charge on any atom is -0.481 e. The number of piperidine rings is 1. The van der Waals surface area contributed by atoms with Crippen LogP contribution in [0.2, 0.25) is 0 Å². The molecule has 0 aromatic carbocycles. The summed E-state index contributed by atoms with van der Waals surface area (Å²) in [5.41, 5.74) is -0.695. The summed E-state index contributed by atoms with van der Waals surface area (Å²) in [5, 5.41) is 12.0. The van der Waals surface area contributed by atoms with E-state index in [1.165, 1.54) is 11.5 Å². The maximum atomic E-state index is 12.0. The van der Waals surface area contributed by atoms with Crippen LogP contribution in [0.15, 0.2) is 12.3 Å². The minimum absolute atomic E-state index is 0.109. The van der Waals surface area contributed by atoms with Gasteiger partial charge < -0.3 is 15.3 Å². The van der Waals surface area contributed by atoms with Crippen LogP contribution in [0.1, 0.15) is 24.6 Å². The molecular formula is C13H19N3O3S. The lowest BCUT2D eigenvalue weighted by Gasteiger charge is -2.36. The highest BCUT2D eigenvalue weighted by atomic mass is 32.1. The first kappa shape index (κ1) is 14.8. The molecule has 0 spiro atoms. The third-order valence-electron chi connectivity index (χ3n) is 3.81. The summed E-state index contributed by atoms with van der Waals surface area (Å²) in [6.07, 6.45) is 3.53. The molecule has 1 aromatic rings. The number of carbonyl (C=O) groups excluding carboxylic acids is 1. The first-order valence-electron chi connectivity index (χ1n) is 6.67. The summed E-state index contributed by atoms with van der Waals surface area (Å²) < 4.78 is 4.01. The Morgan fingerprint density at radius 2 is 2.20 bits per heavy atom. The average Bonchev–Trinajstić information content (AvgIpc) is 2.92. The van der Waals surface area contributed by atoms with Gasteiger partial charge in [-0.2, -0.15) is 0 Å². The topological polar surface area (TPSA) is 82.5 Å². The van der Waals surface area contributed by atoms with E-state index >= 15 is 0 Å². The smallest absolute Gasteiger partial charge is 0.317 e. The maximum Gasteiger partial charge on any atom is 0.317 e. The molecule has 2 amide bonds. The monoisotopic (exact) mass is 297 g/mol. The normalized spacial score (nSPS) is 17.8. The van der Waals surface area contributed by atoms with Crippen molar-refractivity contribution in [1.82, 2.24) is 14.6 Å². The van der Waals surface area contributed by atoms with Crippen molar-refractivity contribution in [3.05, 3.63) is 17.1 Å². The number of carboxylic acid groups (broad SMARTS) is 1. The van der Waals surface area contributed by atoms with Gasteiger partial charge in [-0.05, 0) is 37.4 Å². The Hall–Kier alpha value is -1.63. The fourth-order valence-corrected chi connectivity index (χ4v) is 2.76. The van der Waals surface area contributed by atoms with Crippen molar-refractivity contribution in [3.8, 4) is 0 Å². The Bertz CT molecular complexity index is 467. The van der Waals surface area contributed by atoms with Gasteiger partial charge in [0.15, 0.2) is 0 Å². The van der Waals surface area contributed by atoms with Crippen LogP contribution in [0.25, 0.3) is 0 Å². The minimum atomic E-state index is -0.775. The van der Waals surface area contributed by atoms with E-state index in [4.69, 9.17) is 5.11 Å². The Balaban J connectivity index is 1.73. The Morgan fingerprint density at radius 1 is 1.50 bits per heavy atom. The zero-order valence-electron chi connectivity index (χ0n) is 11.5. The molecule has 7 heteroatoms. The number of carbonyl (C=O) groups is 2. The van der Waals surface area contributed by atoms with Crippen molar-refractivity contribution in [2.75, 3.05) is 19.6 Å². The fourth-order valence-electron chi connectivity index (χ4n) is 2.19. The van der Waals surface area contributed by atoms with Crippen molar-refractivity contribution in [1.29, 1.82) is 0 Å². The van der Waals surface area contributed by atoms with E-state index in [1.54, 1.807) is 18.0 Å². The highest BCUT2D eigenvalue weighted by Crippen LogP contribution is 2.30. The van der Waals surface area contributed by atoms with Gasteiger partial charge in [0, 0.05) is 37.1 Å². The van der Waals surface area contributed by atoms with Crippen LogP contribution >= 0.6 is 11.5 Å². The lowest BCUT2D eigenvalue weighted by atomic mass is 9.80. The molecule has 1 saturated heterocycles. The van der Waals surface area contributed by atoms with Gasteiger partial charge in [0.2, 0.25) is 0 Å². The first-order valence-corrected chi connectivity index (χ1v) is 7.44. The lowest BCUT2D eigenvalue weighted by molar-refractivity contribution is -0.150. The molecule has 0 radical (unpaired) electrons. The van der Waals surface area contributed by atoms with Gasteiger partial charge in [0.05, 0.1) is 5.41 Å². The number of nitrogens with zero attached hydrogens (tertiary/aromatic N) is 2. The Labute approximate surface area is 122 Å². The van der Waals surface area contributed by atoms with Gasteiger partial charge in [-0.3, -0.25) is 4.79 Å². The predicted molar refractivity (Wildman–Crippen MR) is 75.8 cm³/mol. The molecule has 6 nitrogen and oxygen atoms in total. The highest BCUT2D eigenvalue weighted by Gasteiger charge is 2.37. The zero-order chi connectivity index (χ0) is 14.6. The van der Waals surface area contributed by atoms with E-state index in [0.29, 0.717) is 32.5 Å². The number of aliphatic carboxylic acids is 1. The molecule has 1 aromatic heterocycles. The zero-order valence-corrected chi connectivity index (χ0v) is 12.3. The van der Waals surface area contributed by atoms with Crippen molar-refractivity contribution in [2.24, 2.45) is 5.41 Å². The summed E-state index contributed by atoms with van der Waals surface area (Å²) in [4.78, 5) is 25.9. The van der Waals surface area contributed by atoms with Crippen molar-refractivity contribution >= 4 is 23.5 Å². The van der Waals surface area contributed by atoms with Gasteiger partial charge in [-0.25, -0.2) is 9.17 Å². The summed E-state index contributed by atoms with van der Waals surface area (Å²) in [6.45, 7) is 3.31. The van der Waals surface area contributed by atoms with Gasteiger partial charge in [-0.15, -0.1) is 0 Å². The molecule has 1 aliphatic heterocycles. The van der Waals surface area contributed by atoms with Crippen LogP contribution in [-0.2, 0) is 11.2 Å². The molecule has 0 saturated carbocycles. The first-order chi connectivity index (χ1) is 9.51. The van der Waals surface area contributed by atoms with Crippen LogP contribution in [0.5, 0.6) is 0 Å². The average molecular weight is 297 g/mol. The number of rotatable bonds is 4. The highest BCUT2D eigenvalue weighted by molar-refractivity contribution is 7.05. The quantitative estimate of drug-likeness (QED) is 0.884. The molecule has 2 rings (SSSR count). The second-order valence-electron chi connectivity index (χ2n) is 5.31. The molecule has 1 fully saturated rings. The molecule has 2 N–H and O–H groups in total. The molecule has 0 unspecified atom stereocenters. The summed E-state index contributed by atoms with van der Waals surface area (Å²) in [7, 11) is 0. The third kappa shape index (κ3) is 3.47. The summed E-state index contributed by atoms with van der Waals surface area (Å²) >= 11 is 1.43. The van der Waals surface area contributed by atoms with E-state index < -0.39 is 11.4 Å². The van der Waals surface area contributed by atoms with Crippen molar-refractivity contribution in [3.63, 3.8) is 0 Å². The Morgan fingerprint density at radius 3 is 2.75 bits per heavy atom. The van der Waals surface area contributed by atoms with Gasteiger partial charge in [0.25, 0.3) is 0 Å². The van der Waals surface area contributed by atoms with Gasteiger partial charge in [0.1, 0.15) is 0 Å². The number of hydrogen-bond donors (Lipinski definition) is 2. The summed E-state index contributed by atoms with van der Waals surface area (Å²) in [6, 6.07) is 1.83. The maximum absolute atomic E-state index is 12.0. The van der Waals surface area contributed by atoms with E-state index in [2.05, 4.69) is 9.69 Å². The number of aromatic nitrogens is 1. The second-order valence-corrected chi connectivity index (χ2v) is 6.23. The number of likely N-dealkylation sites (tertiary alicyclic amines) is 1. The van der Waals surface area contributed by atoms with E-state index in [0.717, 1.165) is 11.3 Å². The molecule has 20 heavy (non-hydrogen) atoms. The van der Waals surface area contributed by atoms with Crippen molar-refractivity contribution < 1.29 is 14.7 Å². The van der Waals surface area contributed by atoms with Crippen LogP contribution in [0.3, 0.4) is 0 Å². The van der Waals surface area contributed by atoms with Crippen LogP contribution in [-0.4, -0.2) is 46.0 Å². The number of urea groups is 1. The van der Waals surface area contributed by atoms with Crippen LogP contribution < -0.4 is 5.32 Å². The molecule has 0 bridgehead atoms. The molecule has 2 heterocycles. The van der Waals surface area contributed by atoms with Gasteiger partial charge >= 0.3 is 12.0 Å². The second kappa shape index (κ2) is 6.21. The number of carboxylic acids is 1. The number of amides is 2. The molecule has 110 valence electrons. The largest absolute Gasteiger partial charge is 0.481 e. The standard InChI is InChI=1S/C13H19N3O3S/c1-13(11(17)18)4-8-16(9-5-13)12(19)14-6-2-10-3-7-15-20-10/h3,7H,2,4-6,8-9H2,1H3,(H,14,19)(H,17,18). The van der Waals surface area contributed by atoms with E-state index in [-0.39, 0.29) is 6.03 Å². The van der Waals surface area contributed by atoms with Crippen LogP contribution in [0, 0.1) is 5.41 Å². The van der Waals surface area contributed by atoms with E-state index in [9.17, 15) is 9.59 Å². The molecule has 0 aliphatic carbocycles. The lowest BCUT2D eigenvalue weighted by Crippen LogP contribution is -2.49. The number of nitrogens with one attached hydrogen (secondary N) is 1. The van der Waals surface area contributed by atoms with Crippen LogP contribution in [0.4, 0.5) is 4.79 Å². The molecule has 1 aliphatic rings. The Kier molecular flexibility index (Phi) is 4.59. The van der Waals surface area contributed by atoms with Gasteiger partial charge in [-0.1, -0.05) is 0 Å². The summed E-state index contributed by atoms with van der Waals surface area (Å²) in [5.74, 6) is -0.775. The third-order valence-corrected chi connectivity index (χ3v) is 4.61. The number of hydrogen-bond acceptors (Lipinski definition) is 4. The molecule has 0 atom stereocenters.